The highest BCUT2D eigenvalue weighted by Gasteiger charge is 2.27. The lowest BCUT2D eigenvalue weighted by atomic mass is 9.94. The zero-order valence-corrected chi connectivity index (χ0v) is 18.4. The minimum Gasteiger partial charge on any atom is -0.449 e. The van der Waals surface area contributed by atoms with Gasteiger partial charge in [0.05, 0.1) is 6.61 Å². The molecule has 3 rings (SSSR count). The molecule has 2 amide bonds. The van der Waals surface area contributed by atoms with Crippen LogP contribution in [0.1, 0.15) is 40.0 Å². The molecule has 1 aromatic heterocycles. The van der Waals surface area contributed by atoms with Gasteiger partial charge in [-0.15, -0.1) is 0 Å². The molecule has 0 N–H and O–H groups in total. The molecule has 8 heteroatoms. The summed E-state index contributed by atoms with van der Waals surface area (Å²) in [6, 6.07) is 3.98. The lowest BCUT2D eigenvalue weighted by molar-refractivity contribution is 0.0172. The topological polar surface area (TPSA) is 75.2 Å². The molecule has 2 saturated heterocycles. The van der Waals surface area contributed by atoms with Crippen molar-refractivity contribution in [3.8, 4) is 0 Å². The first-order chi connectivity index (χ1) is 14.3. The standard InChI is InChI=1S/C22H34N4O4/c1-22(2,3)30-21(28)25-11-6-18(7-12-25)8-17-29-20(27)26-15-13-24(14-16-26)19-4-9-23-10-5-19/h4-5,9-10,18H,6-8,11-17H2,1-3H3. The predicted molar refractivity (Wildman–Crippen MR) is 115 cm³/mol. The fraction of sp³-hybridized carbons (Fsp3) is 0.682. The third-order valence-electron chi connectivity index (χ3n) is 5.58. The van der Waals surface area contributed by atoms with Gasteiger partial charge in [0.25, 0.3) is 0 Å². The zero-order chi connectivity index (χ0) is 21.6. The Labute approximate surface area is 179 Å². The summed E-state index contributed by atoms with van der Waals surface area (Å²) in [6.45, 7) is 10.4. The SMILES string of the molecule is CC(C)(C)OC(=O)N1CCC(CCOC(=O)N2CCN(c3ccncc3)CC2)CC1. The molecule has 0 radical (unpaired) electrons. The number of carbonyl (C=O) groups is 2. The summed E-state index contributed by atoms with van der Waals surface area (Å²) in [7, 11) is 0. The van der Waals surface area contributed by atoms with Crippen molar-refractivity contribution in [1.82, 2.24) is 14.8 Å². The Morgan fingerprint density at radius 2 is 1.57 bits per heavy atom. The van der Waals surface area contributed by atoms with Crippen LogP contribution in [-0.4, -0.2) is 78.4 Å². The van der Waals surface area contributed by atoms with Crippen molar-refractivity contribution in [1.29, 1.82) is 0 Å². The highest BCUT2D eigenvalue weighted by molar-refractivity contribution is 5.68. The van der Waals surface area contributed by atoms with Gasteiger partial charge in [0.15, 0.2) is 0 Å². The number of hydrogen-bond donors (Lipinski definition) is 0. The quantitative estimate of drug-likeness (QED) is 0.746. The molecule has 0 spiro atoms. The summed E-state index contributed by atoms with van der Waals surface area (Å²) >= 11 is 0. The van der Waals surface area contributed by atoms with E-state index in [1.54, 1.807) is 22.2 Å². The Balaban J connectivity index is 1.31. The Hall–Kier alpha value is -2.51. The molecule has 2 aliphatic heterocycles. The average Bonchev–Trinajstić information content (AvgIpc) is 2.73. The number of amides is 2. The summed E-state index contributed by atoms with van der Waals surface area (Å²) < 4.78 is 11.0. The number of anilines is 1. The largest absolute Gasteiger partial charge is 0.449 e. The van der Waals surface area contributed by atoms with Gasteiger partial charge in [-0.3, -0.25) is 4.98 Å². The second-order valence-electron chi connectivity index (χ2n) is 8.99. The smallest absolute Gasteiger partial charge is 0.410 e. The lowest BCUT2D eigenvalue weighted by Gasteiger charge is -2.35. The average molecular weight is 419 g/mol. The maximum atomic E-state index is 12.4. The van der Waals surface area contributed by atoms with E-state index in [-0.39, 0.29) is 12.2 Å². The van der Waals surface area contributed by atoms with Crippen LogP contribution in [0.2, 0.25) is 0 Å². The normalized spacial score (nSPS) is 18.3. The van der Waals surface area contributed by atoms with E-state index in [4.69, 9.17) is 9.47 Å². The summed E-state index contributed by atoms with van der Waals surface area (Å²) in [5.41, 5.74) is 0.669. The van der Waals surface area contributed by atoms with Gasteiger partial charge in [0.1, 0.15) is 5.60 Å². The van der Waals surface area contributed by atoms with Gasteiger partial charge < -0.3 is 24.2 Å². The Morgan fingerprint density at radius 3 is 2.17 bits per heavy atom. The second kappa shape index (κ2) is 10.00. The number of hydrogen-bond acceptors (Lipinski definition) is 6. The van der Waals surface area contributed by atoms with E-state index in [0.29, 0.717) is 38.7 Å². The van der Waals surface area contributed by atoms with E-state index in [1.165, 1.54) is 0 Å². The number of ether oxygens (including phenoxy) is 2. The van der Waals surface area contributed by atoms with Gasteiger partial charge in [-0.05, 0) is 58.1 Å². The van der Waals surface area contributed by atoms with Crippen LogP contribution in [0, 0.1) is 5.92 Å². The van der Waals surface area contributed by atoms with E-state index < -0.39 is 5.60 Å². The van der Waals surface area contributed by atoms with Gasteiger partial charge in [-0.1, -0.05) is 0 Å². The minimum absolute atomic E-state index is 0.226. The Bertz CT molecular complexity index is 691. The first-order valence-corrected chi connectivity index (χ1v) is 10.9. The van der Waals surface area contributed by atoms with E-state index in [9.17, 15) is 9.59 Å². The molecule has 8 nitrogen and oxygen atoms in total. The molecule has 0 aromatic carbocycles. The summed E-state index contributed by atoms with van der Waals surface area (Å²) in [6.07, 6.45) is 5.78. The van der Waals surface area contributed by atoms with Crippen molar-refractivity contribution < 1.29 is 19.1 Å². The minimum atomic E-state index is -0.466. The van der Waals surface area contributed by atoms with Crippen molar-refractivity contribution in [2.75, 3.05) is 50.8 Å². The highest BCUT2D eigenvalue weighted by atomic mass is 16.6. The van der Waals surface area contributed by atoms with E-state index in [1.807, 2.05) is 32.9 Å². The molecule has 3 heterocycles. The van der Waals surface area contributed by atoms with Gasteiger partial charge >= 0.3 is 12.2 Å². The Kier molecular flexibility index (Phi) is 7.39. The third-order valence-corrected chi connectivity index (χ3v) is 5.58. The molecule has 2 aliphatic rings. The molecular weight excluding hydrogens is 384 g/mol. The number of aromatic nitrogens is 1. The molecule has 0 unspecified atom stereocenters. The van der Waals surface area contributed by atoms with Crippen molar-refractivity contribution in [2.24, 2.45) is 5.92 Å². The predicted octanol–water partition coefficient (Wildman–Crippen LogP) is 3.38. The van der Waals surface area contributed by atoms with Crippen molar-refractivity contribution >= 4 is 17.9 Å². The molecule has 1 aromatic rings. The molecule has 2 fully saturated rings. The van der Waals surface area contributed by atoms with Gasteiger partial charge in [0.2, 0.25) is 0 Å². The summed E-state index contributed by atoms with van der Waals surface area (Å²) in [5.74, 6) is 0.472. The molecule has 0 aliphatic carbocycles. The molecule has 0 atom stereocenters. The zero-order valence-electron chi connectivity index (χ0n) is 18.4. The number of pyridine rings is 1. The number of rotatable bonds is 4. The lowest BCUT2D eigenvalue weighted by Crippen LogP contribution is -2.49. The monoisotopic (exact) mass is 418 g/mol. The van der Waals surface area contributed by atoms with Crippen LogP contribution >= 0.6 is 0 Å². The summed E-state index contributed by atoms with van der Waals surface area (Å²) in [4.78, 5) is 34.4. The van der Waals surface area contributed by atoms with Crippen LogP contribution in [0.5, 0.6) is 0 Å². The maximum Gasteiger partial charge on any atom is 0.410 e. The highest BCUT2D eigenvalue weighted by Crippen LogP contribution is 2.22. The number of nitrogens with zero attached hydrogens (tertiary/aromatic N) is 4. The van der Waals surface area contributed by atoms with Gasteiger partial charge in [-0.25, -0.2) is 9.59 Å². The Morgan fingerprint density at radius 1 is 0.967 bits per heavy atom. The van der Waals surface area contributed by atoms with E-state index >= 15 is 0 Å². The number of likely N-dealkylation sites (tertiary alicyclic amines) is 1. The first kappa shape index (κ1) is 22.2. The molecule has 30 heavy (non-hydrogen) atoms. The molecular formula is C22H34N4O4. The molecule has 166 valence electrons. The van der Waals surface area contributed by atoms with E-state index in [2.05, 4.69) is 9.88 Å². The van der Waals surface area contributed by atoms with Crippen LogP contribution in [-0.2, 0) is 9.47 Å². The van der Waals surface area contributed by atoms with Crippen LogP contribution in [0.3, 0.4) is 0 Å². The van der Waals surface area contributed by atoms with Crippen LogP contribution in [0.15, 0.2) is 24.5 Å². The van der Waals surface area contributed by atoms with Crippen molar-refractivity contribution in [3.63, 3.8) is 0 Å². The number of piperazine rings is 1. The van der Waals surface area contributed by atoms with E-state index in [0.717, 1.165) is 38.0 Å². The van der Waals surface area contributed by atoms with Gasteiger partial charge in [-0.2, -0.15) is 0 Å². The second-order valence-corrected chi connectivity index (χ2v) is 8.99. The van der Waals surface area contributed by atoms with Crippen LogP contribution in [0.25, 0.3) is 0 Å². The summed E-state index contributed by atoms with van der Waals surface area (Å²) in [5, 5.41) is 0. The van der Waals surface area contributed by atoms with Crippen molar-refractivity contribution in [3.05, 3.63) is 24.5 Å². The molecule has 0 saturated carbocycles. The maximum absolute atomic E-state index is 12.4. The third kappa shape index (κ3) is 6.50. The fourth-order valence-electron chi connectivity index (χ4n) is 3.84. The van der Waals surface area contributed by atoms with Gasteiger partial charge in [0, 0.05) is 57.3 Å². The first-order valence-electron chi connectivity index (χ1n) is 10.9. The van der Waals surface area contributed by atoms with Crippen molar-refractivity contribution in [2.45, 2.75) is 45.6 Å². The number of piperidine rings is 1. The number of carbonyl (C=O) groups excluding carboxylic acids is 2. The van der Waals surface area contributed by atoms with Crippen LogP contribution < -0.4 is 4.90 Å². The molecule has 0 bridgehead atoms. The fourth-order valence-corrected chi connectivity index (χ4v) is 3.84. The van der Waals surface area contributed by atoms with Crippen LogP contribution in [0.4, 0.5) is 15.3 Å².